The van der Waals surface area contributed by atoms with E-state index in [0.717, 1.165) is 11.3 Å². The molecule has 0 N–H and O–H groups in total. The summed E-state index contributed by atoms with van der Waals surface area (Å²) in [5.74, 6) is 0.920. The minimum Gasteiger partial charge on any atom is -0.484 e. The van der Waals surface area contributed by atoms with Crippen LogP contribution in [-0.2, 0) is 0 Å². The SMILES string of the molecule is CC(Cl)[C@H]1C=Cc2c(ccc3ccccc23)O1. The summed E-state index contributed by atoms with van der Waals surface area (Å²) in [5, 5.41) is 2.43. The Labute approximate surface area is 106 Å². The topological polar surface area (TPSA) is 9.23 Å². The van der Waals surface area contributed by atoms with Crippen LogP contribution in [0.5, 0.6) is 5.75 Å². The van der Waals surface area contributed by atoms with Gasteiger partial charge in [-0.1, -0.05) is 36.4 Å². The molecular formula is C15H13ClO. The zero-order chi connectivity index (χ0) is 11.8. The molecule has 0 radical (unpaired) electrons. The van der Waals surface area contributed by atoms with E-state index in [0.29, 0.717) is 0 Å². The second-order valence-corrected chi connectivity index (χ2v) is 5.01. The summed E-state index contributed by atoms with van der Waals surface area (Å²) in [5.41, 5.74) is 1.15. The van der Waals surface area contributed by atoms with E-state index in [9.17, 15) is 0 Å². The lowest BCUT2D eigenvalue weighted by atomic mass is 10.0. The summed E-state index contributed by atoms with van der Waals surface area (Å²) >= 11 is 6.07. The van der Waals surface area contributed by atoms with E-state index in [-0.39, 0.29) is 11.5 Å². The largest absolute Gasteiger partial charge is 0.484 e. The summed E-state index contributed by atoms with van der Waals surface area (Å²) in [4.78, 5) is 0. The Morgan fingerprint density at radius 3 is 2.82 bits per heavy atom. The third-order valence-electron chi connectivity index (χ3n) is 3.10. The smallest absolute Gasteiger partial charge is 0.133 e. The first-order valence-corrected chi connectivity index (χ1v) is 6.20. The molecule has 86 valence electrons. The summed E-state index contributed by atoms with van der Waals surface area (Å²) in [6, 6.07) is 12.4. The normalized spacial score (nSPS) is 19.8. The first-order chi connectivity index (χ1) is 8.25. The number of hydrogen-bond acceptors (Lipinski definition) is 1. The molecule has 3 rings (SSSR count). The van der Waals surface area contributed by atoms with Crippen molar-refractivity contribution in [1.29, 1.82) is 0 Å². The number of halogens is 1. The number of alkyl halides is 1. The number of rotatable bonds is 1. The molecule has 1 nitrogen and oxygen atoms in total. The van der Waals surface area contributed by atoms with E-state index >= 15 is 0 Å². The van der Waals surface area contributed by atoms with Gasteiger partial charge in [0.05, 0.1) is 5.38 Å². The van der Waals surface area contributed by atoms with Gasteiger partial charge in [-0.15, -0.1) is 11.6 Å². The molecule has 0 amide bonds. The van der Waals surface area contributed by atoms with E-state index in [2.05, 4.69) is 24.3 Å². The lowest BCUT2D eigenvalue weighted by molar-refractivity contribution is 0.245. The fourth-order valence-electron chi connectivity index (χ4n) is 2.17. The molecule has 0 saturated heterocycles. The third kappa shape index (κ3) is 1.81. The number of fused-ring (bicyclic) bond motifs is 3. The standard InChI is InChI=1S/C15H13ClO/c1-10(16)14-9-7-13-12-5-3-2-4-11(12)6-8-15(13)17-14/h2-10,14H,1H3/t10?,14-/m1/s1. The molecule has 0 fully saturated rings. The Kier molecular flexibility index (Phi) is 2.56. The summed E-state index contributed by atoms with van der Waals surface area (Å²) in [7, 11) is 0. The van der Waals surface area contributed by atoms with E-state index in [1.165, 1.54) is 10.8 Å². The van der Waals surface area contributed by atoms with Crippen LogP contribution in [-0.4, -0.2) is 11.5 Å². The second-order valence-electron chi connectivity index (χ2n) is 4.32. The molecule has 0 bridgehead atoms. The van der Waals surface area contributed by atoms with Gasteiger partial charge in [-0.05, 0) is 29.8 Å². The van der Waals surface area contributed by atoms with Crippen LogP contribution in [0, 0.1) is 0 Å². The monoisotopic (exact) mass is 244 g/mol. The van der Waals surface area contributed by atoms with Crippen LogP contribution in [0.1, 0.15) is 12.5 Å². The van der Waals surface area contributed by atoms with Crippen molar-refractivity contribution >= 4 is 28.4 Å². The molecule has 0 spiro atoms. The zero-order valence-corrected chi connectivity index (χ0v) is 10.3. The van der Waals surface area contributed by atoms with E-state index in [4.69, 9.17) is 16.3 Å². The minimum absolute atomic E-state index is 0.0223. The molecule has 2 aromatic rings. The molecule has 2 aromatic carbocycles. The van der Waals surface area contributed by atoms with Crippen molar-refractivity contribution < 1.29 is 4.74 Å². The van der Waals surface area contributed by atoms with Gasteiger partial charge >= 0.3 is 0 Å². The second kappa shape index (κ2) is 4.08. The average Bonchev–Trinajstić information content (AvgIpc) is 2.38. The molecule has 1 aliphatic rings. The highest BCUT2D eigenvalue weighted by Gasteiger charge is 2.19. The number of hydrogen-bond donors (Lipinski definition) is 0. The molecule has 2 heteroatoms. The lowest BCUT2D eigenvalue weighted by Crippen LogP contribution is -2.25. The van der Waals surface area contributed by atoms with Gasteiger partial charge in [0, 0.05) is 5.56 Å². The number of benzene rings is 2. The van der Waals surface area contributed by atoms with Crippen LogP contribution < -0.4 is 4.74 Å². The van der Waals surface area contributed by atoms with Gasteiger partial charge in [0.15, 0.2) is 0 Å². The maximum Gasteiger partial charge on any atom is 0.133 e. The van der Waals surface area contributed by atoms with E-state index in [1.54, 1.807) is 0 Å². The van der Waals surface area contributed by atoms with Crippen molar-refractivity contribution in [1.82, 2.24) is 0 Å². The van der Waals surface area contributed by atoms with Crippen LogP contribution in [0.2, 0.25) is 0 Å². The Morgan fingerprint density at radius 1 is 1.18 bits per heavy atom. The summed E-state index contributed by atoms with van der Waals surface area (Å²) in [6.07, 6.45) is 4.11. The predicted octanol–water partition coefficient (Wildman–Crippen LogP) is 4.24. The molecule has 17 heavy (non-hydrogen) atoms. The molecule has 0 aromatic heterocycles. The van der Waals surface area contributed by atoms with Crippen molar-refractivity contribution in [3.63, 3.8) is 0 Å². The minimum atomic E-state index is -0.0367. The van der Waals surface area contributed by atoms with Crippen molar-refractivity contribution in [2.75, 3.05) is 0 Å². The molecule has 2 atom stereocenters. The quantitative estimate of drug-likeness (QED) is 0.682. The highest BCUT2D eigenvalue weighted by Crippen LogP contribution is 2.33. The van der Waals surface area contributed by atoms with Gasteiger partial charge in [0.2, 0.25) is 0 Å². The summed E-state index contributed by atoms with van der Waals surface area (Å²) < 4.78 is 5.88. The average molecular weight is 245 g/mol. The number of ether oxygens (including phenoxy) is 1. The van der Waals surface area contributed by atoms with Gasteiger partial charge in [-0.2, -0.15) is 0 Å². The molecule has 1 aliphatic heterocycles. The molecule has 0 aliphatic carbocycles. The highest BCUT2D eigenvalue weighted by atomic mass is 35.5. The van der Waals surface area contributed by atoms with Gasteiger partial charge in [-0.25, -0.2) is 0 Å². The van der Waals surface area contributed by atoms with Gasteiger partial charge in [0.1, 0.15) is 11.9 Å². The first-order valence-electron chi connectivity index (χ1n) is 5.76. The highest BCUT2D eigenvalue weighted by molar-refractivity contribution is 6.21. The Hall–Kier alpha value is -1.47. The van der Waals surface area contributed by atoms with Crippen molar-refractivity contribution in [2.45, 2.75) is 18.4 Å². The Balaban J connectivity index is 2.15. The van der Waals surface area contributed by atoms with Crippen LogP contribution >= 0.6 is 11.6 Å². The Bertz CT molecular complexity index is 586. The van der Waals surface area contributed by atoms with Crippen LogP contribution in [0.3, 0.4) is 0 Å². The van der Waals surface area contributed by atoms with Gasteiger partial charge < -0.3 is 4.74 Å². The maximum absolute atomic E-state index is 6.07. The van der Waals surface area contributed by atoms with Crippen LogP contribution in [0.15, 0.2) is 42.5 Å². The predicted molar refractivity (Wildman–Crippen MR) is 72.7 cm³/mol. The lowest BCUT2D eigenvalue weighted by Gasteiger charge is -2.24. The molecule has 1 heterocycles. The van der Waals surface area contributed by atoms with Crippen LogP contribution in [0.4, 0.5) is 0 Å². The van der Waals surface area contributed by atoms with E-state index < -0.39 is 0 Å². The maximum atomic E-state index is 6.07. The van der Waals surface area contributed by atoms with Crippen LogP contribution in [0.25, 0.3) is 16.8 Å². The van der Waals surface area contributed by atoms with E-state index in [1.807, 2.05) is 31.2 Å². The first kappa shape index (κ1) is 10.7. The summed E-state index contributed by atoms with van der Waals surface area (Å²) in [6.45, 7) is 1.95. The van der Waals surface area contributed by atoms with Crippen molar-refractivity contribution in [3.8, 4) is 5.75 Å². The van der Waals surface area contributed by atoms with Gasteiger partial charge in [0.25, 0.3) is 0 Å². The zero-order valence-electron chi connectivity index (χ0n) is 9.56. The molecule has 1 unspecified atom stereocenters. The molecule has 0 saturated carbocycles. The molecular weight excluding hydrogens is 232 g/mol. The van der Waals surface area contributed by atoms with Gasteiger partial charge in [-0.3, -0.25) is 0 Å². The Morgan fingerprint density at radius 2 is 2.00 bits per heavy atom. The fourth-order valence-corrected chi connectivity index (χ4v) is 2.31. The van der Waals surface area contributed by atoms with Crippen molar-refractivity contribution in [2.24, 2.45) is 0 Å². The fraction of sp³-hybridized carbons (Fsp3) is 0.200. The third-order valence-corrected chi connectivity index (χ3v) is 3.35. The van der Waals surface area contributed by atoms with Crippen molar-refractivity contribution in [3.05, 3.63) is 48.0 Å².